The highest BCUT2D eigenvalue weighted by molar-refractivity contribution is 8.28. The molecule has 11 heavy (non-hydrogen) atoms. The van der Waals surface area contributed by atoms with Gasteiger partial charge in [0.1, 0.15) is 0 Å². The number of hydrogen-bond donors (Lipinski definition) is 0. The highest BCUT2D eigenvalue weighted by Gasteiger charge is 1.97. The third-order valence-corrected chi connectivity index (χ3v) is 2.61. The molecule has 0 aliphatic rings. The Balaban J connectivity index is 2.92. The van der Waals surface area contributed by atoms with Crippen LogP contribution in [0.3, 0.4) is 0 Å². The van der Waals surface area contributed by atoms with Gasteiger partial charge in [-0.3, -0.25) is 0 Å². The molecule has 0 aromatic heterocycles. The summed E-state index contributed by atoms with van der Waals surface area (Å²) in [5.41, 5.74) is 2.52. The van der Waals surface area contributed by atoms with Crippen molar-refractivity contribution in [2.45, 2.75) is 0 Å². The zero-order valence-electron chi connectivity index (χ0n) is 5.63. The Kier molecular flexibility index (Phi) is 3.84. The van der Waals surface area contributed by atoms with E-state index in [4.69, 9.17) is 22.3 Å². The van der Waals surface area contributed by atoms with Gasteiger partial charge in [0, 0.05) is 10.4 Å². The van der Waals surface area contributed by atoms with E-state index in [-0.39, 0.29) is 0 Å². The minimum Gasteiger partial charge on any atom is -0.0917 e. The van der Waals surface area contributed by atoms with Crippen LogP contribution in [0.4, 0.5) is 0 Å². The van der Waals surface area contributed by atoms with Crippen LogP contribution in [0, 0.1) is 0 Å². The summed E-state index contributed by atoms with van der Waals surface area (Å²) in [5.74, 6) is 0. The van der Waals surface area contributed by atoms with Gasteiger partial charge in [-0.25, -0.2) is 0 Å². The molecule has 0 heterocycles. The van der Waals surface area contributed by atoms with E-state index in [1.165, 1.54) is 5.54 Å². The van der Waals surface area contributed by atoms with Crippen molar-refractivity contribution < 1.29 is 0 Å². The minimum atomic E-state index is 0.869. The fraction of sp³-hybridized carbons (Fsp3) is 0. The predicted octanol–water partition coefficient (Wildman–Crippen LogP) is 4.11. The van der Waals surface area contributed by atoms with Crippen LogP contribution >= 0.6 is 33.3 Å². The van der Waals surface area contributed by atoms with Crippen LogP contribution in [0.2, 0.25) is 0 Å². The number of hydrogen-bond acceptors (Lipinski definition) is 1. The fourth-order valence-electron chi connectivity index (χ4n) is 0.727. The Morgan fingerprint density at radius 1 is 1.27 bits per heavy atom. The zero-order chi connectivity index (χ0) is 8.10. The molecule has 0 aliphatic carbocycles. The van der Waals surface area contributed by atoms with Crippen molar-refractivity contribution in [3.8, 4) is 0 Å². The number of benzene rings is 1. The van der Waals surface area contributed by atoms with Crippen LogP contribution in [-0.2, 0) is 0 Å². The van der Waals surface area contributed by atoms with Gasteiger partial charge in [0.2, 0.25) is 0 Å². The molecule has 0 saturated carbocycles. The van der Waals surface area contributed by atoms with E-state index in [9.17, 15) is 0 Å². The average Bonchev–Trinajstić information content (AvgIpc) is 2.09. The van der Waals surface area contributed by atoms with Gasteiger partial charge in [-0.15, -0.1) is 0 Å². The van der Waals surface area contributed by atoms with E-state index in [1.54, 1.807) is 0 Å². The summed E-state index contributed by atoms with van der Waals surface area (Å²) in [7, 11) is 6.69. The summed E-state index contributed by atoms with van der Waals surface area (Å²) in [6, 6.07) is 9.77. The van der Waals surface area contributed by atoms with Gasteiger partial charge in [-0.05, 0) is 27.2 Å². The Bertz CT molecular complexity index is 244. The van der Waals surface area contributed by atoms with Crippen LogP contribution in [0.1, 0.15) is 5.56 Å². The first-order valence-corrected chi connectivity index (χ1v) is 5.11. The summed E-state index contributed by atoms with van der Waals surface area (Å²) in [4.78, 5) is 0.869. The first kappa shape index (κ1) is 8.98. The lowest BCUT2D eigenvalue weighted by molar-refractivity contribution is 1.66. The van der Waals surface area contributed by atoms with E-state index in [0.717, 1.165) is 21.4 Å². The van der Waals surface area contributed by atoms with E-state index >= 15 is 0 Å². The summed E-state index contributed by atoms with van der Waals surface area (Å²) in [6.07, 6.45) is 0. The Morgan fingerprint density at radius 3 is 2.36 bits per heavy atom. The maximum absolute atomic E-state index is 5.57. The first-order chi connectivity index (χ1) is 5.38. The van der Waals surface area contributed by atoms with Crippen LogP contribution in [0.25, 0.3) is 4.91 Å². The molecule has 0 amide bonds. The van der Waals surface area contributed by atoms with Crippen LogP contribution in [0.5, 0.6) is 0 Å². The first-order valence-electron chi connectivity index (χ1n) is 3.03. The highest BCUT2D eigenvalue weighted by Crippen LogP contribution is 2.30. The van der Waals surface area contributed by atoms with E-state index in [1.807, 2.05) is 30.3 Å². The predicted molar refractivity (Wildman–Crippen MR) is 53.7 cm³/mol. The summed E-state index contributed by atoms with van der Waals surface area (Å²) in [6.45, 7) is 0. The summed E-state index contributed by atoms with van der Waals surface area (Å²) >= 11 is 5.53. The van der Waals surface area contributed by atoms with Crippen molar-refractivity contribution in [3.05, 3.63) is 41.4 Å². The van der Waals surface area contributed by atoms with Crippen molar-refractivity contribution in [2.24, 2.45) is 0 Å². The SMILES string of the molecule is Cl/C=C(\SCl)c1ccccc1. The molecule has 58 valence electrons. The third-order valence-electron chi connectivity index (χ3n) is 1.24. The van der Waals surface area contributed by atoms with Crippen LogP contribution in [0.15, 0.2) is 35.9 Å². The van der Waals surface area contributed by atoms with Crippen molar-refractivity contribution in [1.29, 1.82) is 0 Å². The topological polar surface area (TPSA) is 0 Å². The molecule has 1 rings (SSSR count). The van der Waals surface area contributed by atoms with Gasteiger partial charge in [0.15, 0.2) is 0 Å². The molecule has 0 saturated heterocycles. The molecule has 0 nitrogen and oxygen atoms in total. The molecule has 1 aromatic carbocycles. The average molecular weight is 205 g/mol. The molecule has 0 atom stereocenters. The maximum atomic E-state index is 5.57. The molecule has 0 aliphatic heterocycles. The fourth-order valence-corrected chi connectivity index (χ4v) is 1.78. The molecule has 0 radical (unpaired) electrons. The second kappa shape index (κ2) is 4.70. The lowest BCUT2D eigenvalue weighted by Gasteiger charge is -1.98. The molecule has 1 aromatic rings. The summed E-state index contributed by atoms with van der Waals surface area (Å²) in [5, 5.41) is 0. The highest BCUT2D eigenvalue weighted by atomic mass is 35.7. The molecule has 0 fully saturated rings. The Morgan fingerprint density at radius 2 is 1.91 bits per heavy atom. The van der Waals surface area contributed by atoms with E-state index in [0.29, 0.717) is 0 Å². The smallest absolute Gasteiger partial charge is 0.0418 e. The van der Waals surface area contributed by atoms with Crippen LogP contribution < -0.4 is 0 Å². The molecule has 0 N–H and O–H groups in total. The van der Waals surface area contributed by atoms with Gasteiger partial charge in [0.05, 0.1) is 0 Å². The number of halogens is 2. The normalized spacial score (nSPS) is 11.6. The molecule has 0 bridgehead atoms. The minimum absolute atomic E-state index is 0.869. The van der Waals surface area contributed by atoms with Gasteiger partial charge < -0.3 is 0 Å². The number of rotatable bonds is 2. The van der Waals surface area contributed by atoms with Crippen molar-refractivity contribution in [2.75, 3.05) is 0 Å². The molecule has 3 heteroatoms. The standard InChI is InChI=1S/C8H6Cl2S/c9-6-8(11-10)7-4-2-1-3-5-7/h1-6H/b8-6-. The van der Waals surface area contributed by atoms with Gasteiger partial charge in [-0.2, -0.15) is 0 Å². The molecule has 0 unspecified atom stereocenters. The van der Waals surface area contributed by atoms with Crippen LogP contribution in [-0.4, -0.2) is 0 Å². The van der Waals surface area contributed by atoms with Crippen molar-refractivity contribution in [1.82, 2.24) is 0 Å². The molecule has 0 spiro atoms. The van der Waals surface area contributed by atoms with Gasteiger partial charge in [0.25, 0.3) is 0 Å². The van der Waals surface area contributed by atoms with Crippen molar-refractivity contribution >= 4 is 38.2 Å². The van der Waals surface area contributed by atoms with Gasteiger partial charge in [-0.1, -0.05) is 41.9 Å². The monoisotopic (exact) mass is 204 g/mol. The van der Waals surface area contributed by atoms with Gasteiger partial charge >= 0.3 is 0 Å². The quantitative estimate of drug-likeness (QED) is 0.699. The lowest BCUT2D eigenvalue weighted by atomic mass is 10.2. The zero-order valence-corrected chi connectivity index (χ0v) is 7.96. The Labute approximate surface area is 79.7 Å². The lowest BCUT2D eigenvalue weighted by Crippen LogP contribution is -1.73. The molecular formula is C8H6Cl2S. The summed E-state index contributed by atoms with van der Waals surface area (Å²) < 4.78 is 0. The third kappa shape index (κ3) is 2.44. The maximum Gasteiger partial charge on any atom is 0.0418 e. The van der Waals surface area contributed by atoms with E-state index < -0.39 is 0 Å². The second-order valence-corrected chi connectivity index (χ2v) is 3.19. The van der Waals surface area contributed by atoms with E-state index in [2.05, 4.69) is 0 Å². The van der Waals surface area contributed by atoms with Crippen molar-refractivity contribution in [3.63, 3.8) is 0 Å². The molecular weight excluding hydrogens is 199 g/mol. The Hall–Kier alpha value is -0.110. The second-order valence-electron chi connectivity index (χ2n) is 1.92. The largest absolute Gasteiger partial charge is 0.0917 e.